The molecule has 3 atom stereocenters. The quantitative estimate of drug-likeness (QED) is 0.0205. The molecule has 2 N–H and O–H groups in total. The van der Waals surface area contributed by atoms with Gasteiger partial charge in [-0.15, -0.1) is 0 Å². The first-order valence-electron chi connectivity index (χ1n) is 35.3. The minimum absolute atomic E-state index is 0.0380. The highest BCUT2D eigenvalue weighted by atomic mass is 31.2. The number of likely N-dealkylation sites (N-methyl/N-ethyl adjacent to an activating group) is 1. The molecule has 0 fully saturated rings. The number of esters is 1. The van der Waals surface area contributed by atoms with Crippen LogP contribution in [0.5, 0.6) is 0 Å². The van der Waals surface area contributed by atoms with Crippen molar-refractivity contribution in [2.45, 2.75) is 341 Å². The maximum atomic E-state index is 13.6. The summed E-state index contributed by atoms with van der Waals surface area (Å²) in [6.07, 6.45) is 81.9. The molecular formula is C73H136N2O7P+. The van der Waals surface area contributed by atoms with Crippen molar-refractivity contribution in [1.82, 2.24) is 5.32 Å². The van der Waals surface area contributed by atoms with Crippen molar-refractivity contribution in [2.75, 3.05) is 40.9 Å². The third-order valence-electron chi connectivity index (χ3n) is 15.6. The van der Waals surface area contributed by atoms with Crippen molar-refractivity contribution < 1.29 is 37.3 Å². The average Bonchev–Trinajstić information content (AvgIpc) is 3.46. The fraction of sp³-hybridized carbons (Fsp3) is 0.808. The van der Waals surface area contributed by atoms with E-state index in [0.29, 0.717) is 17.4 Å². The van der Waals surface area contributed by atoms with Gasteiger partial charge in [0.25, 0.3) is 0 Å². The van der Waals surface area contributed by atoms with Gasteiger partial charge in [0.15, 0.2) is 0 Å². The second-order valence-corrected chi connectivity index (χ2v) is 26.5. The molecule has 0 aliphatic carbocycles. The predicted molar refractivity (Wildman–Crippen MR) is 360 cm³/mol. The summed E-state index contributed by atoms with van der Waals surface area (Å²) in [7, 11) is 1.50. The molecule has 0 aliphatic rings. The van der Waals surface area contributed by atoms with E-state index in [-0.39, 0.29) is 31.5 Å². The minimum Gasteiger partial charge on any atom is -0.456 e. The maximum absolute atomic E-state index is 13.6. The molecule has 0 radical (unpaired) electrons. The molecule has 0 saturated heterocycles. The Hall–Kier alpha value is -2.55. The van der Waals surface area contributed by atoms with E-state index in [9.17, 15) is 19.0 Å². The maximum Gasteiger partial charge on any atom is 0.472 e. The highest BCUT2D eigenvalue weighted by molar-refractivity contribution is 7.47. The second kappa shape index (κ2) is 62.5. The Morgan fingerprint density at radius 2 is 0.735 bits per heavy atom. The lowest BCUT2D eigenvalue weighted by Crippen LogP contribution is -2.47. The molecule has 0 aromatic heterocycles. The Morgan fingerprint density at radius 1 is 0.422 bits per heavy atom. The number of amides is 1. The van der Waals surface area contributed by atoms with Crippen LogP contribution in [0.3, 0.4) is 0 Å². The van der Waals surface area contributed by atoms with Crippen LogP contribution in [0.1, 0.15) is 329 Å². The Morgan fingerprint density at radius 3 is 1.12 bits per heavy atom. The smallest absolute Gasteiger partial charge is 0.456 e. The highest BCUT2D eigenvalue weighted by Gasteiger charge is 2.30. The Bertz CT molecular complexity index is 1650. The van der Waals surface area contributed by atoms with Crippen molar-refractivity contribution in [3.63, 3.8) is 0 Å². The van der Waals surface area contributed by atoms with Crippen LogP contribution in [-0.2, 0) is 27.9 Å². The fourth-order valence-corrected chi connectivity index (χ4v) is 10.9. The van der Waals surface area contributed by atoms with E-state index >= 15 is 0 Å². The number of rotatable bonds is 64. The first kappa shape index (κ1) is 80.5. The molecule has 0 aromatic rings. The number of nitrogens with one attached hydrogen (secondary N) is 1. The van der Waals surface area contributed by atoms with Crippen LogP contribution in [0, 0.1) is 0 Å². The zero-order valence-corrected chi connectivity index (χ0v) is 56.3. The molecule has 0 bridgehead atoms. The van der Waals surface area contributed by atoms with E-state index in [1.165, 1.54) is 218 Å². The van der Waals surface area contributed by atoms with Crippen LogP contribution in [0.2, 0.25) is 0 Å². The van der Waals surface area contributed by atoms with Gasteiger partial charge < -0.3 is 19.4 Å². The summed E-state index contributed by atoms with van der Waals surface area (Å²) >= 11 is 0. The van der Waals surface area contributed by atoms with E-state index in [0.717, 1.165) is 77.0 Å². The van der Waals surface area contributed by atoms with Gasteiger partial charge in [-0.3, -0.25) is 18.6 Å². The van der Waals surface area contributed by atoms with E-state index in [2.05, 4.69) is 86.8 Å². The molecule has 0 spiro atoms. The van der Waals surface area contributed by atoms with E-state index in [4.69, 9.17) is 13.8 Å². The summed E-state index contributed by atoms with van der Waals surface area (Å²) in [4.78, 5) is 37.9. The fourth-order valence-electron chi connectivity index (χ4n) is 10.2. The average molecular weight is 1180 g/mol. The van der Waals surface area contributed by atoms with Crippen molar-refractivity contribution >= 4 is 19.7 Å². The molecular weight excluding hydrogens is 1050 g/mol. The summed E-state index contributed by atoms with van der Waals surface area (Å²) in [5.41, 5.74) is 0. The molecule has 1 amide bonds. The van der Waals surface area contributed by atoms with Crippen LogP contribution < -0.4 is 5.32 Å². The van der Waals surface area contributed by atoms with Crippen LogP contribution in [0.15, 0.2) is 72.9 Å². The van der Waals surface area contributed by atoms with Gasteiger partial charge in [-0.25, -0.2) is 4.57 Å². The van der Waals surface area contributed by atoms with Crippen molar-refractivity contribution in [3.05, 3.63) is 72.9 Å². The number of phosphoric acid groups is 1. The van der Waals surface area contributed by atoms with Gasteiger partial charge in [0.1, 0.15) is 19.3 Å². The Kier molecular flexibility index (Phi) is 60.6. The van der Waals surface area contributed by atoms with E-state index in [1.54, 1.807) is 0 Å². The number of allylic oxidation sites excluding steroid dienone is 11. The van der Waals surface area contributed by atoms with Crippen LogP contribution in [0.4, 0.5) is 0 Å². The summed E-state index contributed by atoms with van der Waals surface area (Å²) in [6, 6.07) is -0.854. The van der Waals surface area contributed by atoms with Gasteiger partial charge in [0, 0.05) is 12.8 Å². The Balaban J connectivity index is 5.11. The molecule has 0 saturated carbocycles. The van der Waals surface area contributed by atoms with Gasteiger partial charge >= 0.3 is 13.8 Å². The Labute approximate surface area is 514 Å². The normalized spacial score (nSPS) is 14.0. The number of nitrogens with zero attached hydrogens (tertiary/aromatic N) is 1. The van der Waals surface area contributed by atoms with E-state index < -0.39 is 20.0 Å². The van der Waals surface area contributed by atoms with Crippen molar-refractivity contribution in [1.29, 1.82) is 0 Å². The summed E-state index contributed by atoms with van der Waals surface area (Å²) in [6.45, 7) is 6.99. The lowest BCUT2D eigenvalue weighted by Gasteiger charge is -2.27. The highest BCUT2D eigenvalue weighted by Crippen LogP contribution is 2.43. The van der Waals surface area contributed by atoms with Crippen LogP contribution >= 0.6 is 7.82 Å². The monoisotopic (exact) mass is 1180 g/mol. The van der Waals surface area contributed by atoms with Crippen LogP contribution in [0.25, 0.3) is 0 Å². The first-order chi connectivity index (χ1) is 40.4. The topological polar surface area (TPSA) is 111 Å². The molecule has 0 aliphatic heterocycles. The minimum atomic E-state index is -4.46. The number of carbonyl (C=O) groups excluding carboxylic acids is 2. The van der Waals surface area contributed by atoms with Crippen LogP contribution in [-0.4, -0.2) is 74.3 Å². The van der Waals surface area contributed by atoms with Crippen molar-refractivity contribution in [3.8, 4) is 0 Å². The molecule has 0 rings (SSSR count). The van der Waals surface area contributed by atoms with Gasteiger partial charge in [-0.1, -0.05) is 287 Å². The number of hydrogen-bond acceptors (Lipinski definition) is 6. The standard InChI is InChI=1S/C73H135N2O7P/c1-7-10-13-16-19-22-25-28-30-32-34-35-36-37-38-39-41-43-45-48-51-54-57-60-63-66-73(77)82-71(64-61-58-55-52-49-46-27-24-21-18-15-12-9-3)70(69-81-83(78,79)80-68-67-75(4,5)6)74-72(76)65-62-59-56-53-50-47-44-42-40-33-31-29-26-23-20-17-14-11-8-2/h19-20,22-23,28-31,34-35,61,64,70-71H,7-18,21,24-27,32-33,36-60,62-63,65-69H2,1-6H3,(H-,74,76,78,79)/p+1/b22-19-,23-20-,30-28-,31-29-,35-34-,64-61-. The third-order valence-corrected chi connectivity index (χ3v) is 16.6. The SMILES string of the molecule is CCCCC/C=C\C/C=C\C/C=C\CCCCCCCCCCCCCCC(=O)OC(/C=C\CCCCCCCCCCCCC)C(COP(=O)(O)OCC[N+](C)(C)C)NC(=O)CCCCCCCCCCC/C=C\C/C=C\CCCCC. The van der Waals surface area contributed by atoms with Crippen molar-refractivity contribution in [2.24, 2.45) is 0 Å². The third kappa shape index (κ3) is 63.8. The second-order valence-electron chi connectivity index (χ2n) is 25.0. The molecule has 83 heavy (non-hydrogen) atoms. The largest absolute Gasteiger partial charge is 0.472 e. The number of quaternary nitrogens is 1. The molecule has 10 heteroatoms. The summed E-state index contributed by atoms with van der Waals surface area (Å²) < 4.78 is 30.8. The molecule has 0 aromatic carbocycles. The number of unbranched alkanes of at least 4 members (excludes halogenated alkanes) is 38. The molecule has 3 unspecified atom stereocenters. The molecule has 9 nitrogen and oxygen atoms in total. The molecule has 0 heterocycles. The summed E-state index contributed by atoms with van der Waals surface area (Å²) in [5.74, 6) is -0.503. The van der Waals surface area contributed by atoms with E-state index in [1.807, 2.05) is 33.3 Å². The summed E-state index contributed by atoms with van der Waals surface area (Å²) in [5, 5.41) is 3.07. The van der Waals surface area contributed by atoms with Gasteiger partial charge in [-0.2, -0.15) is 0 Å². The number of phosphoric ester groups is 1. The lowest BCUT2D eigenvalue weighted by atomic mass is 10.0. The number of hydrogen-bond donors (Lipinski definition) is 2. The number of carbonyl (C=O) groups is 2. The predicted octanol–water partition coefficient (Wildman–Crippen LogP) is 22.3. The first-order valence-corrected chi connectivity index (χ1v) is 36.8. The zero-order valence-electron chi connectivity index (χ0n) is 55.4. The van der Waals surface area contributed by atoms with Gasteiger partial charge in [0.05, 0.1) is 33.8 Å². The lowest BCUT2D eigenvalue weighted by molar-refractivity contribution is -0.870. The van der Waals surface area contributed by atoms with Gasteiger partial charge in [0.2, 0.25) is 5.91 Å². The van der Waals surface area contributed by atoms with Gasteiger partial charge in [-0.05, 0) is 102 Å². The molecule has 484 valence electrons. The zero-order chi connectivity index (χ0) is 60.7. The number of ether oxygens (including phenoxy) is 1.